The number of rotatable bonds is 4. The second kappa shape index (κ2) is 7.65. The standard InChI is InChI=1S/C17H17ClFN5O2/c1-11-8-15(16(26)24-6-4-23(10-25)5-7-24)22-17(20-11)21-12-2-3-14(19)13(18)9-12/h2-3,8-10H,4-7H2,1H3,(H,20,21,22). The normalized spacial score (nSPS) is 14.3. The van der Waals surface area contributed by atoms with E-state index in [0.29, 0.717) is 37.6 Å². The molecule has 1 aromatic heterocycles. The van der Waals surface area contributed by atoms with Crippen LogP contribution < -0.4 is 5.32 Å². The number of hydrogen-bond acceptors (Lipinski definition) is 5. The lowest BCUT2D eigenvalue weighted by Gasteiger charge is -2.32. The first kappa shape index (κ1) is 18.1. The Kier molecular flexibility index (Phi) is 5.32. The Morgan fingerprint density at radius 2 is 1.96 bits per heavy atom. The fraction of sp³-hybridized carbons (Fsp3) is 0.294. The molecule has 7 nitrogen and oxygen atoms in total. The van der Waals surface area contributed by atoms with E-state index < -0.39 is 5.82 Å². The van der Waals surface area contributed by atoms with Gasteiger partial charge in [0.2, 0.25) is 12.4 Å². The van der Waals surface area contributed by atoms with Crippen LogP contribution in [-0.2, 0) is 4.79 Å². The SMILES string of the molecule is Cc1cc(C(=O)N2CCN(C=O)CC2)nc(Nc2ccc(F)c(Cl)c2)n1. The number of nitrogens with zero attached hydrogens (tertiary/aromatic N) is 4. The van der Waals surface area contributed by atoms with Gasteiger partial charge in [-0.1, -0.05) is 11.6 Å². The number of carbonyl (C=O) groups excluding carboxylic acids is 2. The molecule has 0 spiro atoms. The van der Waals surface area contributed by atoms with Gasteiger partial charge in [0.1, 0.15) is 11.5 Å². The van der Waals surface area contributed by atoms with Gasteiger partial charge in [-0.15, -0.1) is 0 Å². The van der Waals surface area contributed by atoms with E-state index in [9.17, 15) is 14.0 Å². The maximum Gasteiger partial charge on any atom is 0.272 e. The third-order valence-electron chi connectivity index (χ3n) is 4.00. The van der Waals surface area contributed by atoms with Crippen molar-refractivity contribution in [1.82, 2.24) is 19.8 Å². The molecular weight excluding hydrogens is 361 g/mol. The summed E-state index contributed by atoms with van der Waals surface area (Å²) in [6, 6.07) is 5.77. The Hall–Kier alpha value is -2.74. The first-order valence-corrected chi connectivity index (χ1v) is 8.40. The first-order valence-electron chi connectivity index (χ1n) is 8.02. The molecule has 1 aliphatic heterocycles. The topological polar surface area (TPSA) is 78.4 Å². The Bertz CT molecular complexity index is 840. The Labute approximate surface area is 154 Å². The van der Waals surface area contributed by atoms with Crippen LogP contribution in [0, 0.1) is 12.7 Å². The fourth-order valence-electron chi connectivity index (χ4n) is 2.63. The molecule has 136 valence electrons. The van der Waals surface area contributed by atoms with Crippen molar-refractivity contribution in [3.05, 3.63) is 46.5 Å². The summed E-state index contributed by atoms with van der Waals surface area (Å²) in [4.78, 5) is 35.2. The van der Waals surface area contributed by atoms with Crippen LogP contribution in [0.4, 0.5) is 16.0 Å². The molecule has 0 aliphatic carbocycles. The molecule has 0 radical (unpaired) electrons. The largest absolute Gasteiger partial charge is 0.342 e. The van der Waals surface area contributed by atoms with E-state index in [0.717, 1.165) is 6.41 Å². The highest BCUT2D eigenvalue weighted by atomic mass is 35.5. The average Bonchev–Trinajstić information content (AvgIpc) is 2.64. The minimum Gasteiger partial charge on any atom is -0.342 e. The summed E-state index contributed by atoms with van der Waals surface area (Å²) in [5, 5.41) is 2.91. The summed E-state index contributed by atoms with van der Waals surface area (Å²) >= 11 is 5.77. The number of halogens is 2. The number of amides is 2. The molecule has 0 unspecified atom stereocenters. The van der Waals surface area contributed by atoms with Crippen LogP contribution in [0.15, 0.2) is 24.3 Å². The van der Waals surface area contributed by atoms with Crippen molar-refractivity contribution in [3.63, 3.8) is 0 Å². The van der Waals surface area contributed by atoms with Gasteiger partial charge in [0.05, 0.1) is 5.02 Å². The van der Waals surface area contributed by atoms with Crippen LogP contribution in [0.1, 0.15) is 16.2 Å². The molecule has 1 aliphatic rings. The monoisotopic (exact) mass is 377 g/mol. The third kappa shape index (κ3) is 4.08. The maximum atomic E-state index is 13.3. The number of anilines is 2. The van der Waals surface area contributed by atoms with E-state index in [1.54, 1.807) is 22.8 Å². The van der Waals surface area contributed by atoms with Crippen LogP contribution in [0.3, 0.4) is 0 Å². The van der Waals surface area contributed by atoms with E-state index in [2.05, 4.69) is 15.3 Å². The van der Waals surface area contributed by atoms with Crippen molar-refractivity contribution in [3.8, 4) is 0 Å². The van der Waals surface area contributed by atoms with Crippen LogP contribution in [0.2, 0.25) is 5.02 Å². The molecule has 1 N–H and O–H groups in total. The summed E-state index contributed by atoms with van der Waals surface area (Å²) < 4.78 is 13.3. The lowest BCUT2D eigenvalue weighted by molar-refractivity contribution is -0.119. The lowest BCUT2D eigenvalue weighted by Crippen LogP contribution is -2.48. The van der Waals surface area contributed by atoms with Gasteiger partial charge in [0.25, 0.3) is 5.91 Å². The van der Waals surface area contributed by atoms with Crippen LogP contribution in [-0.4, -0.2) is 58.3 Å². The molecule has 0 bridgehead atoms. The maximum absolute atomic E-state index is 13.3. The molecule has 1 fully saturated rings. The van der Waals surface area contributed by atoms with Gasteiger partial charge in [-0.05, 0) is 31.2 Å². The number of nitrogens with one attached hydrogen (secondary N) is 1. The molecular formula is C17H17ClFN5O2. The summed E-state index contributed by atoms with van der Waals surface area (Å²) in [5.74, 6) is -0.517. The van der Waals surface area contributed by atoms with E-state index in [1.165, 1.54) is 18.2 Å². The van der Waals surface area contributed by atoms with Crippen molar-refractivity contribution in [2.45, 2.75) is 6.92 Å². The lowest BCUT2D eigenvalue weighted by atomic mass is 10.2. The highest BCUT2D eigenvalue weighted by Crippen LogP contribution is 2.22. The summed E-state index contributed by atoms with van der Waals surface area (Å²) in [6.07, 6.45) is 0.784. The number of benzene rings is 1. The van der Waals surface area contributed by atoms with Crippen LogP contribution in [0.5, 0.6) is 0 Å². The van der Waals surface area contributed by atoms with Crippen molar-refractivity contribution in [1.29, 1.82) is 0 Å². The molecule has 1 saturated heterocycles. The summed E-state index contributed by atoms with van der Waals surface area (Å²) in [6.45, 7) is 3.66. The molecule has 26 heavy (non-hydrogen) atoms. The first-order chi connectivity index (χ1) is 12.5. The van der Waals surface area contributed by atoms with E-state index in [1.807, 2.05) is 0 Å². The summed E-state index contributed by atoms with van der Waals surface area (Å²) in [7, 11) is 0. The van der Waals surface area contributed by atoms with Crippen molar-refractivity contribution in [2.24, 2.45) is 0 Å². The molecule has 2 heterocycles. The quantitative estimate of drug-likeness (QED) is 0.827. The molecule has 3 rings (SSSR count). The highest BCUT2D eigenvalue weighted by Gasteiger charge is 2.23. The van der Waals surface area contributed by atoms with Gasteiger partial charge in [0.15, 0.2) is 0 Å². The molecule has 2 amide bonds. The Balaban J connectivity index is 1.77. The summed E-state index contributed by atoms with van der Waals surface area (Å²) in [5.41, 5.74) is 1.39. The average molecular weight is 378 g/mol. The second-order valence-electron chi connectivity index (χ2n) is 5.91. The molecule has 9 heteroatoms. The molecule has 2 aromatic rings. The van der Waals surface area contributed by atoms with Crippen LogP contribution >= 0.6 is 11.6 Å². The molecule has 1 aromatic carbocycles. The fourth-order valence-corrected chi connectivity index (χ4v) is 2.81. The number of carbonyl (C=O) groups is 2. The van der Waals surface area contributed by atoms with E-state index in [-0.39, 0.29) is 22.6 Å². The van der Waals surface area contributed by atoms with Gasteiger partial charge >= 0.3 is 0 Å². The predicted molar refractivity (Wildman–Crippen MR) is 95.0 cm³/mol. The van der Waals surface area contributed by atoms with Crippen molar-refractivity contribution >= 4 is 35.6 Å². The zero-order valence-corrected chi connectivity index (χ0v) is 14.8. The van der Waals surface area contributed by atoms with Gasteiger partial charge in [-0.25, -0.2) is 14.4 Å². The predicted octanol–water partition coefficient (Wildman–Crippen LogP) is 2.24. The molecule has 0 atom stereocenters. The Morgan fingerprint density at radius 3 is 2.62 bits per heavy atom. The number of aryl methyl sites for hydroxylation is 1. The second-order valence-corrected chi connectivity index (χ2v) is 6.31. The third-order valence-corrected chi connectivity index (χ3v) is 4.29. The molecule has 0 saturated carbocycles. The smallest absolute Gasteiger partial charge is 0.272 e. The van der Waals surface area contributed by atoms with Crippen LogP contribution in [0.25, 0.3) is 0 Å². The van der Waals surface area contributed by atoms with Gasteiger partial charge in [-0.3, -0.25) is 9.59 Å². The van der Waals surface area contributed by atoms with Crippen molar-refractivity contribution < 1.29 is 14.0 Å². The van der Waals surface area contributed by atoms with E-state index in [4.69, 9.17) is 11.6 Å². The van der Waals surface area contributed by atoms with E-state index >= 15 is 0 Å². The zero-order valence-electron chi connectivity index (χ0n) is 14.1. The highest BCUT2D eigenvalue weighted by molar-refractivity contribution is 6.31. The Morgan fingerprint density at radius 1 is 1.23 bits per heavy atom. The minimum absolute atomic E-state index is 0.0213. The number of aromatic nitrogens is 2. The van der Waals surface area contributed by atoms with Crippen molar-refractivity contribution in [2.75, 3.05) is 31.5 Å². The number of hydrogen-bond donors (Lipinski definition) is 1. The van der Waals surface area contributed by atoms with Gasteiger partial charge in [-0.2, -0.15) is 0 Å². The van der Waals surface area contributed by atoms with Gasteiger partial charge in [0, 0.05) is 37.6 Å². The van der Waals surface area contributed by atoms with Gasteiger partial charge < -0.3 is 15.1 Å². The minimum atomic E-state index is -0.521. The zero-order chi connectivity index (χ0) is 18.7. The number of piperazine rings is 1.